The summed E-state index contributed by atoms with van der Waals surface area (Å²) < 4.78 is 13.0. The fraction of sp³-hybridized carbons (Fsp3) is 0.923. The number of rotatable bonds is 18. The second-order valence-electron chi connectivity index (χ2n) is 10.3. The molecule has 0 aliphatic heterocycles. The third-order valence-corrected chi connectivity index (χ3v) is 21.2. The van der Waals surface area contributed by atoms with E-state index in [1.165, 1.54) is 0 Å². The third-order valence-electron chi connectivity index (χ3n) is 7.16. The fourth-order valence-electron chi connectivity index (χ4n) is 6.78. The van der Waals surface area contributed by atoms with Crippen LogP contribution in [0.3, 0.4) is 0 Å². The SMILES string of the molecule is CCCP(CCC)(CCC)(CCC)OC(=O)C(=O)OP(CCC)(CCC)(CCC)CCC. The fourth-order valence-corrected chi connectivity index (χ4v) is 20.3. The maximum atomic E-state index is 13.5. The minimum absolute atomic E-state index is 0.695. The summed E-state index contributed by atoms with van der Waals surface area (Å²) >= 11 is 0. The van der Waals surface area contributed by atoms with Crippen LogP contribution in [0.1, 0.15) is 107 Å². The van der Waals surface area contributed by atoms with Gasteiger partial charge in [0.25, 0.3) is 0 Å². The van der Waals surface area contributed by atoms with Gasteiger partial charge < -0.3 is 0 Å². The molecule has 0 radical (unpaired) electrons. The van der Waals surface area contributed by atoms with Crippen LogP contribution >= 0.6 is 13.7 Å². The maximum absolute atomic E-state index is 13.5. The molecule has 0 aromatic carbocycles. The summed E-state index contributed by atoms with van der Waals surface area (Å²) in [6, 6.07) is 0. The second kappa shape index (κ2) is 14.3. The van der Waals surface area contributed by atoms with Gasteiger partial charge in [0.15, 0.2) is 0 Å². The van der Waals surface area contributed by atoms with E-state index in [0.717, 1.165) is 101 Å². The first-order chi connectivity index (χ1) is 15.1. The molecule has 0 saturated carbocycles. The van der Waals surface area contributed by atoms with Crippen molar-refractivity contribution in [1.29, 1.82) is 0 Å². The Bertz CT molecular complexity index is 455. The average molecular weight is 495 g/mol. The van der Waals surface area contributed by atoms with E-state index in [-0.39, 0.29) is 0 Å². The summed E-state index contributed by atoms with van der Waals surface area (Å²) in [7, 11) is 0. The van der Waals surface area contributed by atoms with Crippen molar-refractivity contribution in [3.05, 3.63) is 0 Å². The molecule has 4 nitrogen and oxygen atoms in total. The molecule has 194 valence electrons. The van der Waals surface area contributed by atoms with Crippen LogP contribution < -0.4 is 0 Å². The van der Waals surface area contributed by atoms with Crippen LogP contribution in [0.5, 0.6) is 0 Å². The predicted molar refractivity (Wildman–Crippen MR) is 147 cm³/mol. The van der Waals surface area contributed by atoms with E-state index in [1.54, 1.807) is 0 Å². The van der Waals surface area contributed by atoms with Gasteiger partial charge in [0.1, 0.15) is 0 Å². The average Bonchev–Trinajstić information content (AvgIpc) is 2.69. The van der Waals surface area contributed by atoms with Crippen LogP contribution in [0.2, 0.25) is 0 Å². The van der Waals surface area contributed by atoms with Gasteiger partial charge in [-0.3, -0.25) is 0 Å². The Hall–Kier alpha value is -0.200. The topological polar surface area (TPSA) is 52.6 Å². The van der Waals surface area contributed by atoms with Crippen LogP contribution in [0.25, 0.3) is 0 Å². The van der Waals surface area contributed by atoms with Crippen LogP contribution in [0, 0.1) is 0 Å². The number of hydrogen-bond acceptors (Lipinski definition) is 4. The zero-order chi connectivity index (χ0) is 24.8. The zero-order valence-corrected chi connectivity index (χ0v) is 24.6. The molecule has 0 fully saturated rings. The van der Waals surface area contributed by atoms with E-state index in [2.05, 4.69) is 55.4 Å². The van der Waals surface area contributed by atoms with E-state index in [1.807, 2.05) is 0 Å². The summed E-state index contributed by atoms with van der Waals surface area (Å²) in [5.74, 6) is -1.39. The summed E-state index contributed by atoms with van der Waals surface area (Å²) in [5.41, 5.74) is 0. The molecule has 0 heterocycles. The molecule has 0 aliphatic carbocycles. The van der Waals surface area contributed by atoms with E-state index >= 15 is 0 Å². The van der Waals surface area contributed by atoms with Gasteiger partial charge in [-0.2, -0.15) is 0 Å². The molecule has 0 amide bonds. The van der Waals surface area contributed by atoms with Crippen molar-refractivity contribution in [3.8, 4) is 0 Å². The Kier molecular flexibility index (Phi) is 14.2. The Morgan fingerprint density at radius 1 is 0.406 bits per heavy atom. The molecular formula is C26H56O4P2. The molecule has 0 bridgehead atoms. The van der Waals surface area contributed by atoms with E-state index in [9.17, 15) is 9.59 Å². The molecule has 0 unspecified atom stereocenters. The standard InChI is InChI=1S/C26H56O4P2/c1-9-17-31(18-10-2,19-11-3,20-12-4)29-25(27)26(28)30-32(21-13-5,22-14-6,23-15-7)24-16-8/h9-24H2,1-8H3. The first-order valence-electron chi connectivity index (χ1n) is 13.6. The minimum atomic E-state index is -2.78. The van der Waals surface area contributed by atoms with Crippen molar-refractivity contribution >= 4 is 25.6 Å². The van der Waals surface area contributed by atoms with Crippen molar-refractivity contribution in [2.45, 2.75) is 107 Å². The molecule has 0 N–H and O–H groups in total. The van der Waals surface area contributed by atoms with Crippen molar-refractivity contribution in [2.75, 3.05) is 49.3 Å². The molecule has 0 spiro atoms. The third kappa shape index (κ3) is 7.94. The summed E-state index contributed by atoms with van der Waals surface area (Å²) in [6.07, 6.45) is 15.3. The second-order valence-corrected chi connectivity index (χ2v) is 21.6. The van der Waals surface area contributed by atoms with Crippen molar-refractivity contribution in [3.63, 3.8) is 0 Å². The predicted octanol–water partition coefficient (Wildman–Crippen LogP) is 8.29. The molecule has 0 rings (SSSR count). The van der Waals surface area contributed by atoms with Crippen molar-refractivity contribution in [1.82, 2.24) is 0 Å². The Balaban J connectivity index is 6.24. The number of carbonyl (C=O) groups is 2. The Morgan fingerprint density at radius 3 is 0.688 bits per heavy atom. The number of hydrogen-bond donors (Lipinski definition) is 0. The van der Waals surface area contributed by atoms with Gasteiger partial charge in [-0.1, -0.05) is 0 Å². The molecule has 32 heavy (non-hydrogen) atoms. The van der Waals surface area contributed by atoms with Gasteiger partial charge in [-0.25, -0.2) is 0 Å². The molecular weight excluding hydrogens is 438 g/mol. The van der Waals surface area contributed by atoms with E-state index < -0.39 is 25.6 Å². The first kappa shape index (κ1) is 31.8. The molecule has 0 saturated heterocycles. The number of carbonyl (C=O) groups excluding carboxylic acids is 2. The van der Waals surface area contributed by atoms with Gasteiger partial charge in [0, 0.05) is 0 Å². The summed E-state index contributed by atoms with van der Waals surface area (Å²) in [6.45, 7) is 11.8. The Morgan fingerprint density at radius 2 is 0.562 bits per heavy atom. The van der Waals surface area contributed by atoms with Gasteiger partial charge in [-0.15, -0.1) is 0 Å². The van der Waals surface area contributed by atoms with Crippen LogP contribution in [0.4, 0.5) is 0 Å². The van der Waals surface area contributed by atoms with Gasteiger partial charge in [-0.05, 0) is 0 Å². The van der Waals surface area contributed by atoms with Crippen LogP contribution in [0.15, 0.2) is 0 Å². The monoisotopic (exact) mass is 494 g/mol. The van der Waals surface area contributed by atoms with Crippen molar-refractivity contribution in [2.24, 2.45) is 0 Å². The molecule has 0 atom stereocenters. The van der Waals surface area contributed by atoms with E-state index in [4.69, 9.17) is 9.05 Å². The molecule has 0 aromatic rings. The van der Waals surface area contributed by atoms with Gasteiger partial charge >= 0.3 is 200 Å². The summed E-state index contributed by atoms with van der Waals surface area (Å²) in [5, 5.41) is 0. The van der Waals surface area contributed by atoms with Gasteiger partial charge in [0.05, 0.1) is 0 Å². The van der Waals surface area contributed by atoms with Crippen LogP contribution in [-0.2, 0) is 18.6 Å². The molecule has 0 aliphatic rings. The summed E-state index contributed by atoms with van der Waals surface area (Å²) in [4.78, 5) is 26.9. The van der Waals surface area contributed by atoms with E-state index in [0.29, 0.717) is 0 Å². The molecule has 0 aromatic heterocycles. The Labute approximate surface area is 200 Å². The van der Waals surface area contributed by atoms with Gasteiger partial charge in [0.2, 0.25) is 0 Å². The quantitative estimate of drug-likeness (QED) is 0.142. The van der Waals surface area contributed by atoms with Crippen LogP contribution in [-0.4, -0.2) is 61.2 Å². The molecule has 6 heteroatoms. The van der Waals surface area contributed by atoms with Crippen molar-refractivity contribution < 1.29 is 18.6 Å². The first-order valence-corrected chi connectivity index (χ1v) is 19.4. The normalized spacial score (nSPS) is 14.8. The zero-order valence-electron chi connectivity index (χ0n) is 22.8.